The molecule has 4 fully saturated rings. The molecule has 0 radical (unpaired) electrons. The van der Waals surface area contributed by atoms with E-state index in [2.05, 4.69) is 45.0 Å². The molecule has 2 heterocycles. The van der Waals surface area contributed by atoms with Gasteiger partial charge in [-0.3, -0.25) is 14.5 Å². The summed E-state index contributed by atoms with van der Waals surface area (Å²) >= 11 is 0. The van der Waals surface area contributed by atoms with Crippen molar-refractivity contribution in [2.75, 3.05) is 6.61 Å². The number of amides is 2. The number of ether oxygens (including phenoxy) is 1. The number of likely N-dealkylation sites (tertiary alicyclic amines) is 1. The summed E-state index contributed by atoms with van der Waals surface area (Å²) in [6.45, 7) is 6.82. The standard InChI is InChI=1S/C39H47NO6Si/c1-38(2,3)47(28-17-9-5-10-18-28,29-19-11-6-12-20-29)45-25-26-23-31-35(37(43)40(36(31)42)27-15-7-4-8-16-27)32-24-34(46-39(26,32)44)30-21-13-14-22-33(30)41/h5-6,9-14,17-22,26-27,31-32,34-35,41,44H,4,7-8,15-16,23-25H2,1-3H3/t26-,31+,32+,34+,35+,39-/m1/s1. The number of carbonyl (C=O) groups excluding carboxylic acids is 2. The first kappa shape index (κ1) is 32.3. The highest BCUT2D eigenvalue weighted by Gasteiger charge is 2.68. The summed E-state index contributed by atoms with van der Waals surface area (Å²) in [5, 5.41) is 25.5. The normalized spacial score (nSPS) is 30.0. The van der Waals surface area contributed by atoms with Crippen molar-refractivity contribution in [2.45, 2.75) is 88.7 Å². The molecule has 8 heteroatoms. The number of phenols is 1. The minimum absolute atomic E-state index is 0.0782. The lowest BCUT2D eigenvalue weighted by Gasteiger charge is -2.48. The fraction of sp³-hybridized carbons (Fsp3) is 0.487. The van der Waals surface area contributed by atoms with Crippen molar-refractivity contribution in [3.63, 3.8) is 0 Å². The monoisotopic (exact) mass is 653 g/mol. The van der Waals surface area contributed by atoms with Crippen LogP contribution in [0.4, 0.5) is 0 Å². The van der Waals surface area contributed by atoms with E-state index in [1.165, 1.54) is 0 Å². The molecule has 0 unspecified atom stereocenters. The Bertz CT molecular complexity index is 1560. The first-order valence-corrected chi connectivity index (χ1v) is 19.3. The van der Waals surface area contributed by atoms with Crippen LogP contribution in [-0.4, -0.2) is 53.7 Å². The Balaban J connectivity index is 1.29. The minimum atomic E-state index is -2.97. The Hall–Kier alpha value is -3.30. The van der Waals surface area contributed by atoms with Crippen LogP contribution in [0.15, 0.2) is 84.9 Å². The van der Waals surface area contributed by atoms with Crippen molar-refractivity contribution in [1.29, 1.82) is 0 Å². The van der Waals surface area contributed by atoms with Crippen molar-refractivity contribution in [1.82, 2.24) is 4.90 Å². The number of aliphatic hydroxyl groups is 1. The topological polar surface area (TPSA) is 96.3 Å². The number of aromatic hydroxyl groups is 1. The smallest absolute Gasteiger partial charge is 0.261 e. The summed E-state index contributed by atoms with van der Waals surface area (Å²) in [5.74, 6) is -4.24. The predicted octanol–water partition coefficient (Wildman–Crippen LogP) is 5.69. The van der Waals surface area contributed by atoms with E-state index in [1.54, 1.807) is 17.0 Å². The average molecular weight is 654 g/mol. The second-order valence-corrected chi connectivity index (χ2v) is 19.4. The quantitative estimate of drug-likeness (QED) is 0.251. The molecule has 0 bridgehead atoms. The number of fused-ring (bicyclic) bond motifs is 3. The Morgan fingerprint density at radius 2 is 1.45 bits per heavy atom. The highest BCUT2D eigenvalue weighted by molar-refractivity contribution is 6.99. The van der Waals surface area contributed by atoms with Gasteiger partial charge in [-0.1, -0.05) is 119 Å². The molecule has 0 spiro atoms. The van der Waals surface area contributed by atoms with Crippen LogP contribution in [0, 0.1) is 23.7 Å². The Morgan fingerprint density at radius 3 is 2.04 bits per heavy atom. The first-order chi connectivity index (χ1) is 22.6. The van der Waals surface area contributed by atoms with Gasteiger partial charge in [-0.05, 0) is 47.2 Å². The molecule has 4 aliphatic rings. The number of imide groups is 1. The fourth-order valence-corrected chi connectivity index (χ4v) is 13.9. The molecule has 2 amide bonds. The average Bonchev–Trinajstić information content (AvgIpc) is 3.55. The summed E-state index contributed by atoms with van der Waals surface area (Å²) in [6.07, 6.45) is 4.84. The van der Waals surface area contributed by atoms with Gasteiger partial charge in [-0.15, -0.1) is 0 Å². The maximum absolute atomic E-state index is 14.2. The Kier molecular flexibility index (Phi) is 8.44. The third-order valence-electron chi connectivity index (χ3n) is 11.5. The maximum Gasteiger partial charge on any atom is 0.261 e. The van der Waals surface area contributed by atoms with E-state index >= 15 is 0 Å². The molecule has 7 rings (SSSR count). The summed E-state index contributed by atoms with van der Waals surface area (Å²) in [7, 11) is -2.97. The number of hydrogen-bond donors (Lipinski definition) is 2. The fourth-order valence-electron chi connectivity index (χ4n) is 9.34. The van der Waals surface area contributed by atoms with Gasteiger partial charge in [0.15, 0.2) is 5.79 Å². The number of phenolic OH excluding ortho intramolecular Hbond substituents is 1. The molecule has 7 nitrogen and oxygen atoms in total. The summed E-state index contributed by atoms with van der Waals surface area (Å²) in [4.78, 5) is 30.0. The number of carbonyl (C=O) groups is 2. The van der Waals surface area contributed by atoms with Crippen molar-refractivity contribution >= 4 is 30.5 Å². The molecule has 3 aromatic carbocycles. The third-order valence-corrected chi connectivity index (χ3v) is 16.5. The highest BCUT2D eigenvalue weighted by Crippen LogP contribution is 2.59. The van der Waals surface area contributed by atoms with E-state index in [9.17, 15) is 19.8 Å². The van der Waals surface area contributed by atoms with Crippen LogP contribution in [0.2, 0.25) is 5.04 Å². The van der Waals surface area contributed by atoms with Gasteiger partial charge in [-0.2, -0.15) is 0 Å². The lowest BCUT2D eigenvalue weighted by molar-refractivity contribution is -0.273. The second-order valence-electron chi connectivity index (χ2n) is 15.1. The maximum atomic E-state index is 14.2. The number of para-hydroxylation sites is 1. The molecule has 2 aliphatic carbocycles. The molecular formula is C39H47NO6Si. The van der Waals surface area contributed by atoms with Crippen LogP contribution in [0.1, 0.15) is 77.4 Å². The van der Waals surface area contributed by atoms with Gasteiger partial charge in [0.1, 0.15) is 5.75 Å². The first-order valence-electron chi connectivity index (χ1n) is 17.4. The van der Waals surface area contributed by atoms with Gasteiger partial charge in [0, 0.05) is 30.0 Å². The van der Waals surface area contributed by atoms with E-state index in [1.807, 2.05) is 48.5 Å². The lowest BCUT2D eigenvalue weighted by Crippen LogP contribution is -2.67. The van der Waals surface area contributed by atoms with Crippen molar-refractivity contribution in [3.05, 3.63) is 90.5 Å². The van der Waals surface area contributed by atoms with E-state index in [4.69, 9.17) is 9.16 Å². The van der Waals surface area contributed by atoms with Crippen LogP contribution < -0.4 is 10.4 Å². The molecule has 0 aromatic heterocycles. The van der Waals surface area contributed by atoms with E-state index < -0.39 is 43.9 Å². The number of benzene rings is 3. The van der Waals surface area contributed by atoms with Gasteiger partial charge in [-0.25, -0.2) is 0 Å². The number of nitrogens with zero attached hydrogens (tertiary/aromatic N) is 1. The van der Waals surface area contributed by atoms with Gasteiger partial charge >= 0.3 is 0 Å². The zero-order valence-electron chi connectivity index (χ0n) is 27.7. The number of hydrogen-bond acceptors (Lipinski definition) is 6. The molecule has 2 aliphatic heterocycles. The molecule has 6 atom stereocenters. The van der Waals surface area contributed by atoms with Crippen molar-refractivity contribution in [2.24, 2.45) is 23.7 Å². The molecular weight excluding hydrogens is 607 g/mol. The van der Waals surface area contributed by atoms with Gasteiger partial charge in [0.05, 0.1) is 17.9 Å². The molecule has 248 valence electrons. The second kappa shape index (κ2) is 12.3. The SMILES string of the molecule is CC(C)(C)[Si](OC[C@H]1C[C@@H]2C(=O)N(C3CCCCC3)C(=O)[C@@H]2[C@@H]2C[C@@H](c3ccccc3O)O[C@]12O)(c1ccccc1)c1ccccc1. The molecule has 2 saturated heterocycles. The molecule has 3 aromatic rings. The van der Waals surface area contributed by atoms with Crippen LogP contribution >= 0.6 is 0 Å². The minimum Gasteiger partial charge on any atom is -0.508 e. The highest BCUT2D eigenvalue weighted by atomic mass is 28.4. The lowest BCUT2D eigenvalue weighted by atomic mass is 9.64. The predicted molar refractivity (Wildman–Crippen MR) is 182 cm³/mol. The summed E-state index contributed by atoms with van der Waals surface area (Å²) in [6, 6.07) is 27.7. The summed E-state index contributed by atoms with van der Waals surface area (Å²) < 4.78 is 14.0. The van der Waals surface area contributed by atoms with Crippen LogP contribution in [0.25, 0.3) is 0 Å². The zero-order chi connectivity index (χ0) is 33.0. The van der Waals surface area contributed by atoms with Gasteiger partial charge in [0.25, 0.3) is 8.32 Å². The van der Waals surface area contributed by atoms with Gasteiger partial charge < -0.3 is 19.4 Å². The number of rotatable bonds is 7. The third kappa shape index (κ3) is 5.28. The Morgan fingerprint density at radius 1 is 0.851 bits per heavy atom. The summed E-state index contributed by atoms with van der Waals surface area (Å²) in [5.41, 5.74) is 0.583. The van der Waals surface area contributed by atoms with E-state index in [0.29, 0.717) is 18.4 Å². The van der Waals surface area contributed by atoms with Crippen molar-refractivity contribution < 1.29 is 29.0 Å². The van der Waals surface area contributed by atoms with E-state index in [0.717, 1.165) is 42.5 Å². The van der Waals surface area contributed by atoms with Crippen LogP contribution in [0.5, 0.6) is 5.75 Å². The van der Waals surface area contributed by atoms with Crippen LogP contribution in [0.3, 0.4) is 0 Å². The van der Waals surface area contributed by atoms with E-state index in [-0.39, 0.29) is 35.3 Å². The largest absolute Gasteiger partial charge is 0.508 e. The Labute approximate surface area is 279 Å². The van der Waals surface area contributed by atoms with Crippen LogP contribution in [-0.2, 0) is 18.8 Å². The molecule has 2 N–H and O–H groups in total. The molecule has 47 heavy (non-hydrogen) atoms. The van der Waals surface area contributed by atoms with Crippen molar-refractivity contribution in [3.8, 4) is 5.75 Å². The molecule has 2 saturated carbocycles. The zero-order valence-corrected chi connectivity index (χ0v) is 28.7. The van der Waals surface area contributed by atoms with Gasteiger partial charge in [0.2, 0.25) is 11.8 Å².